The van der Waals surface area contributed by atoms with Gasteiger partial charge >= 0.3 is 0 Å². The number of nitrogens with zero attached hydrogens (tertiary/aromatic N) is 4. The molecule has 0 amide bonds. The number of thiophene rings is 1. The maximum absolute atomic E-state index is 4.79. The normalized spacial score (nSPS) is 14.7. The Morgan fingerprint density at radius 2 is 2.09 bits per heavy atom. The molecule has 0 radical (unpaired) electrons. The van der Waals surface area contributed by atoms with Crippen LogP contribution in [0, 0.1) is 0 Å². The summed E-state index contributed by atoms with van der Waals surface area (Å²) >= 11 is 1.82. The number of rotatable bonds is 3. The molecule has 0 N–H and O–H groups in total. The fourth-order valence-corrected chi connectivity index (χ4v) is 3.50. The fraction of sp³-hybridized carbons (Fsp3) is 0.235. The summed E-state index contributed by atoms with van der Waals surface area (Å²) in [5, 5.41) is 2.14. The molecule has 4 nitrogen and oxygen atoms in total. The van der Waals surface area contributed by atoms with Crippen LogP contribution < -0.4 is 0 Å². The van der Waals surface area contributed by atoms with Gasteiger partial charge in [-0.05, 0) is 35.6 Å². The second-order valence-electron chi connectivity index (χ2n) is 5.44. The van der Waals surface area contributed by atoms with Gasteiger partial charge in [0, 0.05) is 48.7 Å². The first kappa shape index (κ1) is 13.5. The molecule has 4 heterocycles. The first-order chi connectivity index (χ1) is 10.9. The standard InChI is InChI=1S/C17H16N4S/c1-2-15(22-9-1)11-21-8-5-14-10-19-17(20-16(14)12-21)13-3-6-18-7-4-13/h1-4,6-7,9-10H,5,8,11-12H2. The number of pyridine rings is 1. The second-order valence-corrected chi connectivity index (χ2v) is 6.47. The molecular weight excluding hydrogens is 292 g/mol. The summed E-state index contributed by atoms with van der Waals surface area (Å²) in [7, 11) is 0. The fourth-order valence-electron chi connectivity index (χ4n) is 2.76. The Morgan fingerprint density at radius 3 is 2.91 bits per heavy atom. The third-order valence-electron chi connectivity index (χ3n) is 3.92. The maximum atomic E-state index is 4.79. The summed E-state index contributed by atoms with van der Waals surface area (Å²) in [4.78, 5) is 17.2. The van der Waals surface area contributed by atoms with E-state index in [9.17, 15) is 0 Å². The molecule has 0 aliphatic carbocycles. The van der Waals surface area contributed by atoms with Crippen molar-refractivity contribution in [3.8, 4) is 11.4 Å². The van der Waals surface area contributed by atoms with Crippen LogP contribution in [-0.2, 0) is 19.5 Å². The van der Waals surface area contributed by atoms with E-state index in [0.717, 1.165) is 43.1 Å². The van der Waals surface area contributed by atoms with E-state index in [4.69, 9.17) is 4.98 Å². The molecule has 0 aromatic carbocycles. The van der Waals surface area contributed by atoms with E-state index in [1.165, 1.54) is 10.4 Å². The minimum absolute atomic E-state index is 0.791. The molecule has 4 rings (SSSR count). The molecule has 0 bridgehead atoms. The van der Waals surface area contributed by atoms with E-state index in [0.29, 0.717) is 0 Å². The molecule has 3 aromatic heterocycles. The molecule has 0 fully saturated rings. The number of hydrogen-bond donors (Lipinski definition) is 0. The van der Waals surface area contributed by atoms with Crippen LogP contribution in [0.2, 0.25) is 0 Å². The highest BCUT2D eigenvalue weighted by Crippen LogP contribution is 2.22. The predicted octanol–water partition coefficient (Wildman–Crippen LogP) is 3.16. The Labute approximate surface area is 133 Å². The van der Waals surface area contributed by atoms with Crippen molar-refractivity contribution in [2.24, 2.45) is 0 Å². The largest absolute Gasteiger partial charge is 0.292 e. The summed E-state index contributed by atoms with van der Waals surface area (Å²) < 4.78 is 0. The molecule has 0 saturated heterocycles. The number of aromatic nitrogens is 3. The quantitative estimate of drug-likeness (QED) is 0.745. The summed E-state index contributed by atoms with van der Waals surface area (Å²) in [6.07, 6.45) is 6.57. The molecule has 5 heteroatoms. The van der Waals surface area contributed by atoms with Crippen molar-refractivity contribution in [3.05, 3.63) is 64.4 Å². The summed E-state index contributed by atoms with van der Waals surface area (Å²) in [5.74, 6) is 0.791. The topological polar surface area (TPSA) is 41.9 Å². The molecule has 0 atom stereocenters. The minimum atomic E-state index is 0.791. The van der Waals surface area contributed by atoms with Gasteiger partial charge in [-0.25, -0.2) is 9.97 Å². The van der Waals surface area contributed by atoms with Crippen LogP contribution in [0.1, 0.15) is 16.1 Å². The number of hydrogen-bond acceptors (Lipinski definition) is 5. The van der Waals surface area contributed by atoms with Gasteiger partial charge in [0.15, 0.2) is 5.82 Å². The Bertz CT molecular complexity index is 756. The zero-order valence-electron chi connectivity index (χ0n) is 12.1. The molecular formula is C17H16N4S. The van der Waals surface area contributed by atoms with Crippen molar-refractivity contribution in [3.63, 3.8) is 0 Å². The van der Waals surface area contributed by atoms with Crippen LogP contribution >= 0.6 is 11.3 Å². The van der Waals surface area contributed by atoms with E-state index in [1.807, 2.05) is 29.7 Å². The van der Waals surface area contributed by atoms with Gasteiger partial charge in [-0.1, -0.05) is 6.07 Å². The van der Waals surface area contributed by atoms with Crippen LogP contribution in [0.25, 0.3) is 11.4 Å². The average molecular weight is 308 g/mol. The SMILES string of the molecule is c1csc(CN2CCc3cnc(-c4ccncc4)nc3C2)c1. The monoisotopic (exact) mass is 308 g/mol. The molecule has 110 valence electrons. The summed E-state index contributed by atoms with van der Waals surface area (Å²) in [6, 6.07) is 8.21. The van der Waals surface area contributed by atoms with Gasteiger partial charge in [-0.3, -0.25) is 9.88 Å². The predicted molar refractivity (Wildman–Crippen MR) is 87.4 cm³/mol. The molecule has 0 spiro atoms. The molecule has 1 aliphatic heterocycles. The van der Waals surface area contributed by atoms with Crippen molar-refractivity contribution in [2.45, 2.75) is 19.5 Å². The highest BCUT2D eigenvalue weighted by Gasteiger charge is 2.19. The third kappa shape index (κ3) is 2.77. The van der Waals surface area contributed by atoms with Crippen molar-refractivity contribution in [1.29, 1.82) is 0 Å². The Kier molecular flexibility index (Phi) is 3.66. The van der Waals surface area contributed by atoms with Crippen LogP contribution in [-0.4, -0.2) is 26.4 Å². The molecule has 3 aromatic rings. The van der Waals surface area contributed by atoms with Gasteiger partial charge in [-0.2, -0.15) is 0 Å². The van der Waals surface area contributed by atoms with Gasteiger partial charge in [0.25, 0.3) is 0 Å². The van der Waals surface area contributed by atoms with E-state index in [-0.39, 0.29) is 0 Å². The van der Waals surface area contributed by atoms with Crippen molar-refractivity contribution in [2.75, 3.05) is 6.54 Å². The van der Waals surface area contributed by atoms with E-state index in [2.05, 4.69) is 32.4 Å². The van der Waals surface area contributed by atoms with Gasteiger partial charge in [-0.15, -0.1) is 11.3 Å². The highest BCUT2D eigenvalue weighted by atomic mass is 32.1. The van der Waals surface area contributed by atoms with Crippen molar-refractivity contribution in [1.82, 2.24) is 19.9 Å². The van der Waals surface area contributed by atoms with Crippen LogP contribution in [0.5, 0.6) is 0 Å². The van der Waals surface area contributed by atoms with Gasteiger partial charge < -0.3 is 0 Å². The lowest BCUT2D eigenvalue weighted by molar-refractivity contribution is 0.243. The van der Waals surface area contributed by atoms with E-state index >= 15 is 0 Å². The maximum Gasteiger partial charge on any atom is 0.159 e. The van der Waals surface area contributed by atoms with Gasteiger partial charge in [0.1, 0.15) is 0 Å². The Hall–Kier alpha value is -2.11. The number of fused-ring (bicyclic) bond motifs is 1. The smallest absolute Gasteiger partial charge is 0.159 e. The lowest BCUT2D eigenvalue weighted by Gasteiger charge is -2.27. The lowest BCUT2D eigenvalue weighted by Crippen LogP contribution is -2.30. The van der Waals surface area contributed by atoms with E-state index in [1.54, 1.807) is 12.4 Å². The molecule has 22 heavy (non-hydrogen) atoms. The highest BCUT2D eigenvalue weighted by molar-refractivity contribution is 7.09. The van der Waals surface area contributed by atoms with E-state index < -0.39 is 0 Å². The molecule has 1 aliphatic rings. The third-order valence-corrected chi connectivity index (χ3v) is 4.78. The zero-order valence-corrected chi connectivity index (χ0v) is 13.0. The first-order valence-electron chi connectivity index (χ1n) is 7.38. The molecule has 0 unspecified atom stereocenters. The van der Waals surface area contributed by atoms with Gasteiger partial charge in [0.05, 0.1) is 5.69 Å². The van der Waals surface area contributed by atoms with Crippen LogP contribution in [0.15, 0.2) is 48.2 Å². The summed E-state index contributed by atoms with van der Waals surface area (Å²) in [5.41, 5.74) is 3.46. The van der Waals surface area contributed by atoms with Crippen molar-refractivity contribution >= 4 is 11.3 Å². The second kappa shape index (κ2) is 5.94. The first-order valence-corrected chi connectivity index (χ1v) is 8.26. The Balaban J connectivity index is 1.58. The average Bonchev–Trinajstić information content (AvgIpc) is 3.08. The Morgan fingerprint density at radius 1 is 1.18 bits per heavy atom. The lowest BCUT2D eigenvalue weighted by atomic mass is 10.1. The minimum Gasteiger partial charge on any atom is -0.292 e. The zero-order chi connectivity index (χ0) is 14.8. The van der Waals surface area contributed by atoms with Crippen LogP contribution in [0.4, 0.5) is 0 Å². The van der Waals surface area contributed by atoms with Crippen LogP contribution in [0.3, 0.4) is 0 Å². The molecule has 0 saturated carbocycles. The van der Waals surface area contributed by atoms with Crippen molar-refractivity contribution < 1.29 is 0 Å². The summed E-state index contributed by atoms with van der Waals surface area (Å²) in [6.45, 7) is 2.97. The van der Waals surface area contributed by atoms with Gasteiger partial charge in [0.2, 0.25) is 0 Å².